The lowest BCUT2D eigenvalue weighted by atomic mass is 9.78. The van der Waals surface area contributed by atoms with Crippen LogP contribution in [-0.2, 0) is 0 Å². The zero-order valence-corrected chi connectivity index (χ0v) is 13.2. The number of aromatic nitrogens is 1. The highest BCUT2D eigenvalue weighted by atomic mass is 15.2. The molecule has 2 aliphatic rings. The van der Waals surface area contributed by atoms with Crippen molar-refractivity contribution in [3.05, 3.63) is 23.0 Å². The molecule has 2 unspecified atom stereocenters. The van der Waals surface area contributed by atoms with Gasteiger partial charge in [-0.2, -0.15) is 0 Å². The molecule has 4 nitrogen and oxygen atoms in total. The zero-order chi connectivity index (χ0) is 15.0. The van der Waals surface area contributed by atoms with Crippen LogP contribution in [0.5, 0.6) is 0 Å². The molecule has 2 heterocycles. The van der Waals surface area contributed by atoms with E-state index in [9.17, 15) is 0 Å². The van der Waals surface area contributed by atoms with Gasteiger partial charge in [0, 0.05) is 18.3 Å². The van der Waals surface area contributed by atoms with Crippen LogP contribution in [0, 0.1) is 25.2 Å². The Morgan fingerprint density at radius 2 is 1.95 bits per heavy atom. The summed E-state index contributed by atoms with van der Waals surface area (Å²) in [5.41, 5.74) is 9.74. The Labute approximate surface area is 127 Å². The van der Waals surface area contributed by atoms with E-state index in [1.165, 1.54) is 38.5 Å². The molecule has 21 heavy (non-hydrogen) atoms. The van der Waals surface area contributed by atoms with Gasteiger partial charge in [-0.3, -0.25) is 10.4 Å². The molecular weight excluding hydrogens is 260 g/mol. The van der Waals surface area contributed by atoms with Gasteiger partial charge >= 0.3 is 0 Å². The first-order valence-corrected chi connectivity index (χ1v) is 8.17. The Morgan fingerprint density at radius 1 is 1.24 bits per heavy atom. The van der Waals surface area contributed by atoms with Gasteiger partial charge in [0.2, 0.25) is 0 Å². The van der Waals surface area contributed by atoms with Crippen LogP contribution in [0.4, 0.5) is 5.69 Å². The molecule has 4 heteroatoms. The van der Waals surface area contributed by atoms with Gasteiger partial charge < -0.3 is 10.6 Å². The topological polar surface area (TPSA) is 66.0 Å². The lowest BCUT2D eigenvalue weighted by Gasteiger charge is -2.46. The SMILES string of the molecule is Cc1cc(N2CCCC3CCCCC32)c(C(=N)N)c(C)n1. The zero-order valence-electron chi connectivity index (χ0n) is 13.2. The summed E-state index contributed by atoms with van der Waals surface area (Å²) in [5.74, 6) is 0.967. The first kappa shape index (κ1) is 14.4. The Morgan fingerprint density at radius 3 is 2.71 bits per heavy atom. The van der Waals surface area contributed by atoms with Crippen molar-refractivity contribution in [1.82, 2.24) is 4.98 Å². The molecule has 1 saturated heterocycles. The molecule has 0 bridgehead atoms. The second-order valence-corrected chi connectivity index (χ2v) is 6.60. The quantitative estimate of drug-likeness (QED) is 0.648. The summed E-state index contributed by atoms with van der Waals surface area (Å²) in [7, 11) is 0. The second kappa shape index (κ2) is 5.66. The first-order valence-electron chi connectivity index (χ1n) is 8.17. The van der Waals surface area contributed by atoms with Crippen molar-refractivity contribution in [3.63, 3.8) is 0 Å². The van der Waals surface area contributed by atoms with E-state index in [0.717, 1.165) is 35.1 Å². The van der Waals surface area contributed by atoms with Crippen LogP contribution in [0.15, 0.2) is 6.07 Å². The van der Waals surface area contributed by atoms with Crippen molar-refractivity contribution in [2.24, 2.45) is 11.7 Å². The Bertz CT molecular complexity index is 550. The summed E-state index contributed by atoms with van der Waals surface area (Å²) < 4.78 is 0. The maximum Gasteiger partial charge on any atom is 0.126 e. The molecule has 0 amide bonds. The van der Waals surface area contributed by atoms with Gasteiger partial charge in [-0.25, -0.2) is 0 Å². The van der Waals surface area contributed by atoms with Gasteiger partial charge in [-0.15, -0.1) is 0 Å². The van der Waals surface area contributed by atoms with Gasteiger partial charge in [0.15, 0.2) is 0 Å². The molecular formula is C17H26N4. The van der Waals surface area contributed by atoms with E-state index in [2.05, 4.69) is 16.0 Å². The first-order chi connectivity index (χ1) is 10.1. The molecule has 0 radical (unpaired) electrons. The normalized spacial score (nSPS) is 25.5. The van der Waals surface area contributed by atoms with Crippen molar-refractivity contribution in [2.45, 2.75) is 58.4 Å². The predicted octanol–water partition coefficient (Wildman–Crippen LogP) is 3.14. The molecule has 1 aliphatic heterocycles. The number of nitrogens with one attached hydrogen (secondary N) is 1. The third kappa shape index (κ3) is 2.63. The molecule has 2 atom stereocenters. The van der Waals surface area contributed by atoms with Crippen LogP contribution in [0.2, 0.25) is 0 Å². The summed E-state index contributed by atoms with van der Waals surface area (Å²) in [4.78, 5) is 7.04. The molecule has 0 aromatic carbocycles. The summed E-state index contributed by atoms with van der Waals surface area (Å²) in [5, 5.41) is 7.95. The molecule has 1 aromatic rings. The lowest BCUT2D eigenvalue weighted by Crippen LogP contribution is -2.47. The monoisotopic (exact) mass is 286 g/mol. The summed E-state index contributed by atoms with van der Waals surface area (Å²) >= 11 is 0. The summed E-state index contributed by atoms with van der Waals surface area (Å²) in [6.07, 6.45) is 7.96. The van der Waals surface area contributed by atoms with Crippen molar-refractivity contribution in [1.29, 1.82) is 5.41 Å². The van der Waals surface area contributed by atoms with Gasteiger partial charge in [0.1, 0.15) is 5.84 Å². The fourth-order valence-corrected chi connectivity index (χ4v) is 4.29. The number of nitrogens with two attached hydrogens (primary N) is 1. The number of anilines is 1. The number of nitrogen functional groups attached to an aromatic ring is 1. The average Bonchev–Trinajstić information content (AvgIpc) is 2.45. The van der Waals surface area contributed by atoms with Crippen molar-refractivity contribution in [3.8, 4) is 0 Å². The van der Waals surface area contributed by atoms with E-state index in [-0.39, 0.29) is 5.84 Å². The molecule has 3 rings (SSSR count). The van der Waals surface area contributed by atoms with E-state index >= 15 is 0 Å². The molecule has 1 aromatic heterocycles. The van der Waals surface area contributed by atoms with Crippen LogP contribution in [-0.4, -0.2) is 23.4 Å². The number of nitrogens with zero attached hydrogens (tertiary/aromatic N) is 2. The fourth-order valence-electron chi connectivity index (χ4n) is 4.29. The highest BCUT2D eigenvalue weighted by molar-refractivity contribution is 6.01. The number of hydrogen-bond donors (Lipinski definition) is 2. The summed E-state index contributed by atoms with van der Waals surface area (Å²) in [6, 6.07) is 2.76. The minimum absolute atomic E-state index is 0.146. The van der Waals surface area contributed by atoms with Gasteiger partial charge in [-0.1, -0.05) is 12.8 Å². The van der Waals surface area contributed by atoms with E-state index in [4.69, 9.17) is 11.1 Å². The van der Waals surface area contributed by atoms with E-state index in [1.54, 1.807) is 0 Å². The van der Waals surface area contributed by atoms with E-state index in [1.807, 2.05) is 13.8 Å². The number of amidine groups is 1. The highest BCUT2D eigenvalue weighted by Gasteiger charge is 2.34. The second-order valence-electron chi connectivity index (χ2n) is 6.60. The van der Waals surface area contributed by atoms with E-state index in [0.29, 0.717) is 6.04 Å². The predicted molar refractivity (Wildman–Crippen MR) is 87.1 cm³/mol. The molecule has 1 aliphatic carbocycles. The molecule has 3 N–H and O–H groups in total. The lowest BCUT2D eigenvalue weighted by molar-refractivity contribution is 0.243. The number of rotatable bonds is 2. The third-order valence-corrected chi connectivity index (χ3v) is 5.13. The summed E-state index contributed by atoms with van der Waals surface area (Å²) in [6.45, 7) is 5.09. The van der Waals surface area contributed by atoms with Crippen LogP contribution >= 0.6 is 0 Å². The third-order valence-electron chi connectivity index (χ3n) is 5.13. The minimum atomic E-state index is 0.146. The number of aryl methyl sites for hydroxylation is 2. The molecule has 1 saturated carbocycles. The maximum atomic E-state index is 7.95. The Balaban J connectivity index is 2.04. The minimum Gasteiger partial charge on any atom is -0.384 e. The standard InChI is InChI=1S/C17H26N4/c1-11-10-15(16(17(18)19)12(2)20-11)21-9-5-7-13-6-3-4-8-14(13)21/h10,13-14H,3-9H2,1-2H3,(H3,18,19). The molecule has 2 fully saturated rings. The Kier molecular flexibility index (Phi) is 3.87. The van der Waals surface area contributed by atoms with Crippen LogP contribution in [0.25, 0.3) is 0 Å². The molecule has 114 valence electrons. The maximum absolute atomic E-state index is 7.95. The van der Waals surface area contributed by atoms with Gasteiger partial charge in [-0.05, 0) is 51.5 Å². The highest BCUT2D eigenvalue weighted by Crippen LogP contribution is 2.39. The molecule has 0 spiro atoms. The van der Waals surface area contributed by atoms with Crippen molar-refractivity contribution in [2.75, 3.05) is 11.4 Å². The smallest absolute Gasteiger partial charge is 0.126 e. The van der Waals surface area contributed by atoms with Crippen LogP contribution in [0.1, 0.15) is 55.5 Å². The largest absolute Gasteiger partial charge is 0.384 e. The van der Waals surface area contributed by atoms with Crippen molar-refractivity contribution < 1.29 is 0 Å². The number of hydrogen-bond acceptors (Lipinski definition) is 3. The van der Waals surface area contributed by atoms with Crippen LogP contribution < -0.4 is 10.6 Å². The fraction of sp³-hybridized carbons (Fsp3) is 0.647. The Hall–Kier alpha value is -1.58. The number of piperidine rings is 1. The number of pyridine rings is 1. The van der Waals surface area contributed by atoms with Gasteiger partial charge in [0.05, 0.1) is 16.9 Å². The van der Waals surface area contributed by atoms with Crippen molar-refractivity contribution >= 4 is 11.5 Å². The van der Waals surface area contributed by atoms with Crippen LogP contribution in [0.3, 0.4) is 0 Å². The van der Waals surface area contributed by atoms with E-state index < -0.39 is 0 Å². The van der Waals surface area contributed by atoms with Gasteiger partial charge in [0.25, 0.3) is 0 Å². The average molecular weight is 286 g/mol. The number of fused-ring (bicyclic) bond motifs is 1.